The fraction of sp³-hybridized carbons (Fsp3) is 0.304. The van der Waals surface area contributed by atoms with Crippen LogP contribution in [-0.2, 0) is 122 Å². The van der Waals surface area contributed by atoms with Gasteiger partial charge in [0, 0.05) is 68.6 Å². The van der Waals surface area contributed by atoms with Crippen LogP contribution in [-0.4, -0.2) is 190 Å². The van der Waals surface area contributed by atoms with Crippen molar-refractivity contribution in [3.63, 3.8) is 0 Å². The number of nitrogens with one attached hydrogen (secondary N) is 6. The number of allylic oxidation sites excluding steroid dienone is 1. The van der Waals surface area contributed by atoms with E-state index >= 15 is 0 Å². The minimum atomic E-state index is -1.86. The number of carbonyl (C=O) groups is 4. The summed E-state index contributed by atoms with van der Waals surface area (Å²) in [6, 6.07) is 74.1. The summed E-state index contributed by atoms with van der Waals surface area (Å²) < 4.78 is 25.6. The van der Waals surface area contributed by atoms with Gasteiger partial charge < -0.3 is 75.8 Å². The van der Waals surface area contributed by atoms with Crippen LogP contribution in [0.15, 0.2) is 306 Å². The van der Waals surface area contributed by atoms with Crippen molar-refractivity contribution in [1.29, 1.82) is 1.28 Å². The van der Waals surface area contributed by atoms with E-state index in [1.54, 1.807) is 25.0 Å². The van der Waals surface area contributed by atoms with Crippen molar-refractivity contribution < 1.29 is 143 Å². The van der Waals surface area contributed by atoms with Gasteiger partial charge in [-0.2, -0.15) is 0 Å². The number of aromatic amines is 6. The molecule has 15 rings (SSSR count). The molecule has 753 valence electrons. The molecular formula is C102H139Cu2N14O18P2+4. The molecule has 36 heteroatoms. The molecule has 1 fully saturated rings. The number of Topliss-reactive ketones (excluding diaryl/α,β-unsaturated/α-hetero) is 1. The maximum atomic E-state index is 10.8. The first kappa shape index (κ1) is 124. The van der Waals surface area contributed by atoms with Crippen LogP contribution in [0, 0.1) is 0 Å². The maximum Gasteiger partial charge on any atom is 1.00 e. The van der Waals surface area contributed by atoms with Crippen molar-refractivity contribution in [2.45, 2.75) is 170 Å². The Bertz CT molecular complexity index is 5310. The van der Waals surface area contributed by atoms with Crippen LogP contribution < -0.4 is 34.2 Å². The number of unbranched alkanes of at least 4 members (excludes halogenated alkanes) is 2. The Morgan fingerprint density at radius 1 is 0.580 bits per heavy atom. The second-order valence-corrected chi connectivity index (χ2v) is 32.7. The molecular weight excluding hydrogens is 1900 g/mol. The molecule has 138 heavy (non-hydrogen) atoms. The molecule has 7 aromatic carbocycles. The molecule has 18 N–H and O–H groups in total. The van der Waals surface area contributed by atoms with Gasteiger partial charge in [0.25, 0.3) is 0 Å². The molecule has 1 aliphatic heterocycles. The molecule has 14 aromatic rings. The first-order valence-electron chi connectivity index (χ1n) is 44.7. The molecule has 0 bridgehead atoms. The van der Waals surface area contributed by atoms with E-state index in [2.05, 4.69) is 275 Å². The van der Waals surface area contributed by atoms with Gasteiger partial charge in [0.15, 0.2) is 23.5 Å². The zero-order valence-corrected chi connectivity index (χ0v) is 82.9. The summed E-state index contributed by atoms with van der Waals surface area (Å²) in [7, 11) is 0.333. The standard InChI is InChI=1S/C21H21P.C14H18N2.C14H16N2.C11H12N2O.C11H10N2O.C8H10N2O3.C7H12N2.C6H12O6.C4H6N2O.C4H8O.CHO3.CH5P.2Cu.2H2O/c1-2-18-22(19-12-6-3-7-13-19,20-14-8-4-9-15-20)21-16-10-5-11-17-21;2*1-2-3-9-14-10-15-12-16(14)11-13-7-5-4-6-8-13;2*14-8-11-6-12-9-13(11)7-10-4-2-1-3-5-10;1-6(11)10-3-8(9-5-10)4-13-7(2)12;1-2-3-4-7-5-8-6-9-7;7-1-3(9)5(11)6(12)4(10)2-8;7-2-4-1-5-3-6-4;1-2-4-5-3-1;2-1-4-3;1-2;;;;/h3-18H,2H2,1H3;4-8,10,12H,2-3,9,11H2,1H3;3-10,12H,2,11H2,1H3;1-6,9,14H,7-8H2;1-6,8-9H,7H2;3,5H,4H2,1-2H3;5-6H,2-4H2,1H3,(H,8,9);3,5-9,11-12H,1-2H2;1,3,7H,2H2,(H,5,6);1-4H2;3H;2H2,1H3;;;2*1H2/q;;;;;;;;;;-1;;;+1;;/p+4/b;;9-3+;;;;;;;;;;;;;/i;;;;;;;;;;;2D;;;;. The number of aliphatic hydroxyl groups excluding tert-OH is 7. The number of aldehydes is 1. The fourth-order valence-electron chi connectivity index (χ4n) is 12.5. The van der Waals surface area contributed by atoms with Gasteiger partial charge in [-0.1, -0.05) is 271 Å². The van der Waals surface area contributed by atoms with Gasteiger partial charge in [-0.25, -0.2) is 58.4 Å². The molecule has 1 saturated heterocycles. The number of rotatable bonds is 31. The Labute approximate surface area is 833 Å². The number of benzene rings is 7. The topological polar surface area (TPSA) is 492 Å². The monoisotopic (exact) mass is 2040 g/mol. The average molecular weight is 2040 g/mol. The fourth-order valence-corrected chi connectivity index (χ4v) is 16.5. The van der Waals surface area contributed by atoms with Gasteiger partial charge >= 0.3 is 23.0 Å². The molecule has 0 amide bonds. The zero-order chi connectivity index (χ0) is 98.2. The summed E-state index contributed by atoms with van der Waals surface area (Å²) in [4.78, 5) is 83.2. The number of aryl methyl sites for hydroxylation is 2. The molecule has 8 heterocycles. The molecule has 0 saturated carbocycles. The minimum absolute atomic E-state index is 0. The van der Waals surface area contributed by atoms with Crippen molar-refractivity contribution in [1.82, 2.24) is 49.4 Å². The second-order valence-electron chi connectivity index (χ2n) is 29.3. The Kier molecular flexibility index (Phi) is 71.0. The molecule has 7 aromatic heterocycles. The van der Waals surface area contributed by atoms with Crippen molar-refractivity contribution >= 4 is 74.3 Å². The van der Waals surface area contributed by atoms with Crippen molar-refractivity contribution in [2.24, 2.45) is 0 Å². The van der Waals surface area contributed by atoms with Gasteiger partial charge in [-0.05, 0) is 103 Å². The third-order valence-corrected chi connectivity index (χ3v) is 23.6. The number of ether oxygens (including phenoxy) is 2. The average Bonchev–Trinajstić information content (AvgIpc) is 1.75. The number of hydrogen-bond acceptors (Lipinski definition) is 19. The van der Waals surface area contributed by atoms with Gasteiger partial charge in [0.1, 0.15) is 101 Å². The molecule has 0 aliphatic carbocycles. The SMILES string of the molecule is C1CCOC1.CC(=O)OCc1cn(C(C)=O)cn1.CC/C=C/c1c[nH]c[n+]1Cc1ccccc1.CCC=P(c1ccccc1)(c1ccccc1)c1ccccc1.CCCCc1c[nH]c[n+]1Cc1ccccc1.CCCCc1cnc[nH]1.O.O.O=C(CO)C(O)C(O)C(O)CO.O=Cc1c[nH]c[n+]1Cc1ccccc1.O=[C-]OO.OCc1c[nH]c[n+]1Cc1ccccc1.OCc1cnc[nH]1.[2H]PC.[Cu+].[Cu]. The number of nitrogens with zero attached hydrogens (tertiary/aromatic N) is 8. The quantitative estimate of drug-likeness (QED) is 0.00281. The summed E-state index contributed by atoms with van der Waals surface area (Å²) in [5, 5.41) is 71.7. The van der Waals surface area contributed by atoms with E-state index in [4.69, 9.17) is 56.5 Å². The largest absolute Gasteiger partial charge is 1.00 e. The van der Waals surface area contributed by atoms with E-state index < -0.39 is 44.2 Å². The summed E-state index contributed by atoms with van der Waals surface area (Å²) in [5.41, 5.74) is 11.8. The van der Waals surface area contributed by atoms with E-state index in [9.17, 15) is 19.2 Å². The molecule has 32 nitrogen and oxygen atoms in total. The number of carbonyl (C=O) groups excluding carboxylic acids is 5. The van der Waals surface area contributed by atoms with Crippen LogP contribution >= 0.6 is 16.1 Å². The van der Waals surface area contributed by atoms with Gasteiger partial charge in [0.2, 0.25) is 36.9 Å². The normalized spacial score (nSPS) is 11.2. The van der Waals surface area contributed by atoms with E-state index in [0.29, 0.717) is 20.6 Å². The van der Waals surface area contributed by atoms with Crippen LogP contribution in [0.4, 0.5) is 0 Å². The van der Waals surface area contributed by atoms with Gasteiger partial charge in [-0.15, -0.1) is 9.18 Å². The smallest absolute Gasteiger partial charge is 0.509 e. The van der Waals surface area contributed by atoms with Crippen LogP contribution in [0.5, 0.6) is 0 Å². The third-order valence-electron chi connectivity index (χ3n) is 19.4. The Hall–Kier alpha value is -12.0. The number of hydrogen-bond donors (Lipinski definition) is 14. The second kappa shape index (κ2) is 79.0. The molecule has 1 radical (unpaired) electrons. The van der Waals surface area contributed by atoms with Crippen molar-refractivity contribution in [3.05, 3.63) is 368 Å². The number of aliphatic hydroxyl groups is 7. The molecule has 1 aliphatic rings. The van der Waals surface area contributed by atoms with Crippen molar-refractivity contribution in [2.75, 3.05) is 33.1 Å². The van der Waals surface area contributed by atoms with Crippen LogP contribution in [0.3, 0.4) is 0 Å². The predicted octanol–water partition coefficient (Wildman–Crippen LogP) is 9.73. The first-order chi connectivity index (χ1) is 65.8. The van der Waals surface area contributed by atoms with E-state index in [-0.39, 0.29) is 76.8 Å². The zero-order valence-electron chi connectivity index (χ0n) is 80.2. The van der Waals surface area contributed by atoms with Gasteiger partial charge in [0.05, 0.1) is 44.7 Å². The van der Waals surface area contributed by atoms with Crippen LogP contribution in [0.25, 0.3) is 6.08 Å². The predicted molar refractivity (Wildman–Crippen MR) is 532 cm³/mol. The molecule has 0 spiro atoms. The van der Waals surface area contributed by atoms with E-state index in [1.807, 2.05) is 102 Å². The van der Waals surface area contributed by atoms with E-state index in [1.165, 1.54) is 131 Å². The third kappa shape index (κ3) is 49.9. The minimum Gasteiger partial charge on any atom is -0.509 e. The Morgan fingerprint density at radius 3 is 1.33 bits per heavy atom. The number of esters is 1. The van der Waals surface area contributed by atoms with E-state index in [0.717, 1.165) is 89.2 Å². The summed E-state index contributed by atoms with van der Waals surface area (Å²) in [5.74, 6) is 1.04. The first-order valence-corrected chi connectivity index (χ1v) is 47.0. The number of H-pyrrole nitrogens is 6. The maximum absolute atomic E-state index is 10.8. The number of aromatic nitrogens is 14. The summed E-state index contributed by atoms with van der Waals surface area (Å²) >= 11 is 0. The Morgan fingerprint density at radius 2 is 0.978 bits per heavy atom. The molecule has 4 unspecified atom stereocenters. The summed E-state index contributed by atoms with van der Waals surface area (Å²) in [6.07, 6.45) is 36.9. The van der Waals surface area contributed by atoms with Crippen molar-refractivity contribution in [3.8, 4) is 0 Å². The summed E-state index contributed by atoms with van der Waals surface area (Å²) in [6.45, 7) is 16.3. The van der Waals surface area contributed by atoms with Crippen LogP contribution in [0.2, 0.25) is 0 Å². The van der Waals surface area contributed by atoms with Gasteiger partial charge in [-0.3, -0.25) is 23.7 Å². The van der Waals surface area contributed by atoms with Crippen LogP contribution in [0.1, 0.15) is 165 Å². The molecule has 4 atom stereocenters. The number of imidazole rings is 7. The number of ketones is 1. The Balaban J connectivity index is 0.00000153.